The van der Waals surface area contributed by atoms with E-state index in [4.69, 9.17) is 0 Å². The van der Waals surface area contributed by atoms with Gasteiger partial charge in [0, 0.05) is 22.0 Å². The van der Waals surface area contributed by atoms with Crippen LogP contribution in [0.15, 0.2) is 29.8 Å². The van der Waals surface area contributed by atoms with E-state index in [2.05, 4.69) is 10.3 Å². The molecule has 1 aromatic heterocycles. The Labute approximate surface area is 127 Å². The van der Waals surface area contributed by atoms with E-state index in [9.17, 15) is 9.59 Å². The number of benzene rings is 1. The van der Waals surface area contributed by atoms with Gasteiger partial charge >= 0.3 is 0 Å². The molecule has 0 saturated heterocycles. The summed E-state index contributed by atoms with van der Waals surface area (Å²) in [6.07, 6.45) is 2.46. The van der Waals surface area contributed by atoms with Crippen LogP contribution in [0.3, 0.4) is 0 Å². The molecular weight excluding hydrogens is 284 g/mol. The number of aryl methyl sites for hydroxylation is 1. The second kappa shape index (κ2) is 5.77. The Hall–Kier alpha value is -2.01. The third kappa shape index (κ3) is 3.03. The zero-order chi connectivity index (χ0) is 14.8. The Morgan fingerprint density at radius 2 is 2.24 bits per heavy atom. The highest BCUT2D eigenvalue weighted by Crippen LogP contribution is 2.28. The minimum absolute atomic E-state index is 0.00179. The lowest BCUT2D eigenvalue weighted by atomic mass is 9.90. The van der Waals surface area contributed by atoms with Gasteiger partial charge in [0.25, 0.3) is 0 Å². The number of ketones is 1. The molecule has 1 N–H and O–H groups in total. The van der Waals surface area contributed by atoms with E-state index in [0.717, 1.165) is 25.0 Å². The van der Waals surface area contributed by atoms with Crippen LogP contribution in [-0.2, 0) is 17.6 Å². The SMILES string of the molecule is CC(=O)c1cccc(NC(=O)C2CCc3ncsc3C2)c1. The zero-order valence-electron chi connectivity index (χ0n) is 11.8. The molecule has 0 saturated carbocycles. The molecule has 0 fully saturated rings. The predicted octanol–water partition coefficient (Wildman–Crippen LogP) is 3.09. The lowest BCUT2D eigenvalue weighted by Crippen LogP contribution is -2.27. The van der Waals surface area contributed by atoms with Gasteiger partial charge in [-0.25, -0.2) is 4.98 Å². The normalized spacial score (nSPS) is 17.1. The van der Waals surface area contributed by atoms with Crippen molar-refractivity contribution in [3.63, 3.8) is 0 Å². The molecule has 4 nitrogen and oxygen atoms in total. The molecule has 0 aliphatic heterocycles. The quantitative estimate of drug-likeness (QED) is 0.886. The van der Waals surface area contributed by atoms with Crippen molar-refractivity contribution >= 4 is 28.7 Å². The number of fused-ring (bicyclic) bond motifs is 1. The molecule has 2 aromatic rings. The summed E-state index contributed by atoms with van der Waals surface area (Å²) in [6, 6.07) is 7.07. The van der Waals surface area contributed by atoms with Crippen LogP contribution in [0.25, 0.3) is 0 Å². The van der Waals surface area contributed by atoms with Crippen LogP contribution in [0.1, 0.15) is 34.3 Å². The Morgan fingerprint density at radius 1 is 1.38 bits per heavy atom. The molecule has 5 heteroatoms. The topological polar surface area (TPSA) is 59.1 Å². The number of Topliss-reactive ketones (excluding diaryl/α,β-unsaturated/α-hetero) is 1. The molecule has 108 valence electrons. The summed E-state index contributed by atoms with van der Waals surface area (Å²) < 4.78 is 0. The summed E-state index contributed by atoms with van der Waals surface area (Å²) in [6.45, 7) is 1.52. The zero-order valence-corrected chi connectivity index (χ0v) is 12.6. The van der Waals surface area contributed by atoms with Crippen LogP contribution >= 0.6 is 11.3 Å². The van der Waals surface area contributed by atoms with Gasteiger partial charge in [0.05, 0.1) is 11.2 Å². The van der Waals surface area contributed by atoms with Gasteiger partial charge in [0.1, 0.15) is 0 Å². The van der Waals surface area contributed by atoms with Gasteiger partial charge in [0.15, 0.2) is 5.78 Å². The fourth-order valence-electron chi connectivity index (χ4n) is 2.58. The number of anilines is 1. The first-order valence-corrected chi connectivity index (χ1v) is 7.84. The highest BCUT2D eigenvalue weighted by Gasteiger charge is 2.26. The average Bonchev–Trinajstić information content (AvgIpc) is 2.94. The molecule has 1 aliphatic rings. The summed E-state index contributed by atoms with van der Waals surface area (Å²) in [7, 11) is 0. The second-order valence-corrected chi connectivity index (χ2v) is 6.23. The number of aromatic nitrogens is 1. The smallest absolute Gasteiger partial charge is 0.227 e. The van der Waals surface area contributed by atoms with Crippen molar-refractivity contribution in [2.75, 3.05) is 5.32 Å². The number of nitrogens with one attached hydrogen (secondary N) is 1. The summed E-state index contributed by atoms with van der Waals surface area (Å²) in [4.78, 5) is 29.3. The fourth-order valence-corrected chi connectivity index (χ4v) is 3.48. The number of carbonyl (C=O) groups is 2. The number of amides is 1. The van der Waals surface area contributed by atoms with Crippen molar-refractivity contribution < 1.29 is 9.59 Å². The maximum absolute atomic E-state index is 12.4. The van der Waals surface area contributed by atoms with Crippen molar-refractivity contribution in [1.82, 2.24) is 4.98 Å². The van der Waals surface area contributed by atoms with E-state index in [1.807, 2.05) is 11.6 Å². The van der Waals surface area contributed by atoms with E-state index in [1.54, 1.807) is 29.5 Å². The van der Waals surface area contributed by atoms with Gasteiger partial charge in [-0.2, -0.15) is 0 Å². The van der Waals surface area contributed by atoms with E-state index in [0.29, 0.717) is 11.3 Å². The van der Waals surface area contributed by atoms with Crippen LogP contribution in [0.4, 0.5) is 5.69 Å². The molecule has 3 rings (SSSR count). The number of nitrogens with zero attached hydrogens (tertiary/aromatic N) is 1. The predicted molar refractivity (Wildman–Crippen MR) is 82.7 cm³/mol. The van der Waals surface area contributed by atoms with Gasteiger partial charge in [0.2, 0.25) is 5.91 Å². The van der Waals surface area contributed by atoms with Gasteiger partial charge in [-0.15, -0.1) is 11.3 Å². The monoisotopic (exact) mass is 300 g/mol. The van der Waals surface area contributed by atoms with Gasteiger partial charge in [-0.05, 0) is 38.3 Å². The molecule has 1 aliphatic carbocycles. The number of carbonyl (C=O) groups excluding carboxylic acids is 2. The van der Waals surface area contributed by atoms with Crippen LogP contribution < -0.4 is 5.32 Å². The molecular formula is C16H16N2O2S. The Balaban J connectivity index is 1.70. The Kier molecular flexibility index (Phi) is 3.84. The van der Waals surface area contributed by atoms with Gasteiger partial charge in [-0.1, -0.05) is 12.1 Å². The Morgan fingerprint density at radius 3 is 3.05 bits per heavy atom. The third-order valence-electron chi connectivity index (χ3n) is 3.79. The van der Waals surface area contributed by atoms with Crippen molar-refractivity contribution in [1.29, 1.82) is 0 Å². The average molecular weight is 300 g/mol. The van der Waals surface area contributed by atoms with Crippen molar-refractivity contribution in [3.05, 3.63) is 45.9 Å². The summed E-state index contributed by atoms with van der Waals surface area (Å²) in [5, 5.41) is 2.92. The summed E-state index contributed by atoms with van der Waals surface area (Å²) in [5.74, 6) is 0.00625. The standard InChI is InChI=1S/C16H16N2O2S/c1-10(19)11-3-2-4-13(7-11)18-16(20)12-5-6-14-15(8-12)21-9-17-14/h2-4,7,9,12H,5-6,8H2,1H3,(H,18,20). The number of thiazole rings is 1. The molecule has 0 bridgehead atoms. The number of hydrogen-bond acceptors (Lipinski definition) is 4. The molecule has 1 atom stereocenters. The summed E-state index contributed by atoms with van der Waals surface area (Å²) >= 11 is 1.62. The maximum atomic E-state index is 12.4. The number of rotatable bonds is 3. The van der Waals surface area contributed by atoms with Crippen LogP contribution in [0, 0.1) is 5.92 Å². The molecule has 1 unspecified atom stereocenters. The molecule has 21 heavy (non-hydrogen) atoms. The maximum Gasteiger partial charge on any atom is 0.227 e. The third-order valence-corrected chi connectivity index (χ3v) is 4.69. The minimum Gasteiger partial charge on any atom is -0.326 e. The lowest BCUT2D eigenvalue weighted by molar-refractivity contribution is -0.120. The molecule has 0 radical (unpaired) electrons. The molecule has 1 heterocycles. The Bertz CT molecular complexity index is 693. The molecule has 1 aromatic carbocycles. The van der Waals surface area contributed by atoms with E-state index in [1.165, 1.54) is 11.8 Å². The molecule has 1 amide bonds. The lowest BCUT2D eigenvalue weighted by Gasteiger charge is -2.20. The number of hydrogen-bond donors (Lipinski definition) is 1. The first kappa shape index (κ1) is 13.9. The van der Waals surface area contributed by atoms with Gasteiger partial charge in [-0.3, -0.25) is 9.59 Å². The first-order valence-electron chi connectivity index (χ1n) is 6.96. The van der Waals surface area contributed by atoms with Crippen LogP contribution in [0.5, 0.6) is 0 Å². The fraction of sp³-hybridized carbons (Fsp3) is 0.312. The highest BCUT2D eigenvalue weighted by molar-refractivity contribution is 7.09. The van der Waals surface area contributed by atoms with Crippen LogP contribution in [-0.4, -0.2) is 16.7 Å². The van der Waals surface area contributed by atoms with E-state index < -0.39 is 0 Å². The second-order valence-electron chi connectivity index (χ2n) is 5.29. The van der Waals surface area contributed by atoms with Crippen LogP contribution in [0.2, 0.25) is 0 Å². The highest BCUT2D eigenvalue weighted by atomic mass is 32.1. The van der Waals surface area contributed by atoms with Gasteiger partial charge < -0.3 is 5.32 Å². The molecule has 0 spiro atoms. The summed E-state index contributed by atoms with van der Waals surface area (Å²) in [5.41, 5.74) is 4.29. The van der Waals surface area contributed by atoms with Crippen molar-refractivity contribution in [2.45, 2.75) is 26.2 Å². The minimum atomic E-state index is -0.0149. The largest absolute Gasteiger partial charge is 0.326 e. The van der Waals surface area contributed by atoms with Crippen molar-refractivity contribution in [2.24, 2.45) is 5.92 Å². The van der Waals surface area contributed by atoms with E-state index >= 15 is 0 Å². The van der Waals surface area contributed by atoms with E-state index in [-0.39, 0.29) is 17.6 Å². The van der Waals surface area contributed by atoms with Crippen molar-refractivity contribution in [3.8, 4) is 0 Å². The first-order chi connectivity index (χ1) is 10.1.